The van der Waals surface area contributed by atoms with E-state index in [-0.39, 0.29) is 0 Å². The van der Waals surface area contributed by atoms with Gasteiger partial charge in [-0.25, -0.2) is 4.79 Å². The molecule has 1 N–H and O–H groups in total. The van der Waals surface area contributed by atoms with Crippen molar-refractivity contribution in [1.82, 2.24) is 4.57 Å². The number of hydrogen-bond donors (Lipinski definition) is 1. The number of carboxylic acid groups (broad SMARTS) is 1. The average Bonchev–Trinajstić information content (AvgIpc) is 2.85. The van der Waals surface area contributed by atoms with Gasteiger partial charge in [0.15, 0.2) is 0 Å². The van der Waals surface area contributed by atoms with Crippen LogP contribution in [-0.4, -0.2) is 15.6 Å². The Labute approximate surface area is 139 Å². The summed E-state index contributed by atoms with van der Waals surface area (Å²) in [7, 11) is 0. The molecule has 4 rings (SSSR count). The lowest BCUT2D eigenvalue weighted by molar-refractivity contribution is 0.0697. The summed E-state index contributed by atoms with van der Waals surface area (Å²) in [6.45, 7) is 4.15. The molecular formula is C21H17NO2. The van der Waals surface area contributed by atoms with Crippen molar-refractivity contribution in [2.75, 3.05) is 0 Å². The Morgan fingerprint density at radius 2 is 1.67 bits per heavy atom. The van der Waals surface area contributed by atoms with E-state index in [2.05, 4.69) is 48.7 Å². The number of aromatic carboxylic acids is 1. The van der Waals surface area contributed by atoms with E-state index in [4.69, 9.17) is 0 Å². The maximum absolute atomic E-state index is 11.3. The van der Waals surface area contributed by atoms with E-state index >= 15 is 0 Å². The smallest absolute Gasteiger partial charge is 0.335 e. The monoisotopic (exact) mass is 315 g/mol. The number of carboxylic acids is 1. The van der Waals surface area contributed by atoms with Crippen LogP contribution in [0.1, 0.15) is 21.6 Å². The van der Waals surface area contributed by atoms with Gasteiger partial charge < -0.3 is 9.67 Å². The number of hydrogen-bond acceptors (Lipinski definition) is 1. The van der Waals surface area contributed by atoms with Crippen LogP contribution in [0.25, 0.3) is 27.4 Å². The predicted octanol–water partition coefficient (Wildman–Crippen LogP) is 5.10. The Morgan fingerprint density at radius 3 is 2.42 bits per heavy atom. The summed E-state index contributed by atoms with van der Waals surface area (Å²) in [6, 6.07) is 19.9. The van der Waals surface area contributed by atoms with Gasteiger partial charge in [0.25, 0.3) is 0 Å². The molecule has 0 radical (unpaired) electrons. The van der Waals surface area contributed by atoms with Crippen LogP contribution in [0.4, 0.5) is 0 Å². The number of carbonyl (C=O) groups is 1. The average molecular weight is 315 g/mol. The van der Waals surface area contributed by atoms with Crippen molar-refractivity contribution in [3.63, 3.8) is 0 Å². The summed E-state index contributed by atoms with van der Waals surface area (Å²) in [6.07, 6.45) is 0. The minimum Gasteiger partial charge on any atom is -0.478 e. The van der Waals surface area contributed by atoms with Crippen molar-refractivity contribution in [3.8, 4) is 5.69 Å². The fourth-order valence-electron chi connectivity index (χ4n) is 3.36. The maximum atomic E-state index is 11.3. The largest absolute Gasteiger partial charge is 0.478 e. The first-order chi connectivity index (χ1) is 11.6. The molecular weight excluding hydrogens is 298 g/mol. The summed E-state index contributed by atoms with van der Waals surface area (Å²) >= 11 is 0. The molecule has 1 aromatic heterocycles. The van der Waals surface area contributed by atoms with Gasteiger partial charge in [-0.15, -0.1) is 0 Å². The Kier molecular flexibility index (Phi) is 3.17. The van der Waals surface area contributed by atoms with Crippen LogP contribution in [0.5, 0.6) is 0 Å². The fourth-order valence-corrected chi connectivity index (χ4v) is 3.36. The highest BCUT2D eigenvalue weighted by atomic mass is 16.4. The quantitative estimate of drug-likeness (QED) is 0.559. The van der Waals surface area contributed by atoms with Crippen molar-refractivity contribution >= 4 is 27.6 Å². The highest BCUT2D eigenvalue weighted by Gasteiger charge is 2.14. The zero-order valence-electron chi connectivity index (χ0n) is 13.6. The second-order valence-electron chi connectivity index (χ2n) is 6.11. The first-order valence-electron chi connectivity index (χ1n) is 7.90. The molecule has 3 heteroatoms. The van der Waals surface area contributed by atoms with Gasteiger partial charge >= 0.3 is 5.97 Å². The molecule has 0 spiro atoms. The number of aryl methyl sites for hydroxylation is 1. The van der Waals surface area contributed by atoms with E-state index in [0.717, 1.165) is 22.3 Å². The lowest BCUT2D eigenvalue weighted by Crippen LogP contribution is -1.99. The topological polar surface area (TPSA) is 42.2 Å². The molecule has 4 aromatic rings. The fraction of sp³-hybridized carbons (Fsp3) is 0.0952. The van der Waals surface area contributed by atoms with Crippen molar-refractivity contribution in [2.24, 2.45) is 0 Å². The van der Waals surface area contributed by atoms with Crippen LogP contribution >= 0.6 is 0 Å². The second-order valence-corrected chi connectivity index (χ2v) is 6.11. The summed E-state index contributed by atoms with van der Waals surface area (Å²) in [5.41, 5.74) is 4.59. The van der Waals surface area contributed by atoms with E-state index in [1.807, 2.05) is 18.2 Å². The Bertz CT molecular complexity index is 1110. The van der Waals surface area contributed by atoms with Gasteiger partial charge in [0.05, 0.1) is 11.1 Å². The molecule has 0 saturated heterocycles. The lowest BCUT2D eigenvalue weighted by Gasteiger charge is -2.10. The van der Waals surface area contributed by atoms with Crippen molar-refractivity contribution < 1.29 is 9.90 Å². The molecule has 0 fully saturated rings. The predicted molar refractivity (Wildman–Crippen MR) is 97.2 cm³/mol. The molecule has 118 valence electrons. The maximum Gasteiger partial charge on any atom is 0.335 e. The normalized spacial score (nSPS) is 11.2. The minimum absolute atomic E-state index is 0.307. The minimum atomic E-state index is -0.904. The highest BCUT2D eigenvalue weighted by molar-refractivity contribution is 5.96. The van der Waals surface area contributed by atoms with E-state index in [9.17, 15) is 9.90 Å². The molecule has 3 aromatic carbocycles. The molecule has 0 unspecified atom stereocenters. The standard InChI is InChI=1S/C21H17NO2/c1-13-14(2)22(20-12-17(21(23)24)8-10-19(13)20)18-9-7-15-5-3-4-6-16(15)11-18/h3-12H,1-2H3,(H,23,24). The summed E-state index contributed by atoms with van der Waals surface area (Å²) in [5.74, 6) is -0.904. The second kappa shape index (κ2) is 5.24. The summed E-state index contributed by atoms with van der Waals surface area (Å²) in [5, 5.41) is 12.8. The molecule has 0 aliphatic rings. The highest BCUT2D eigenvalue weighted by Crippen LogP contribution is 2.30. The number of nitrogens with zero attached hydrogens (tertiary/aromatic N) is 1. The van der Waals surface area contributed by atoms with Gasteiger partial charge in [-0.2, -0.15) is 0 Å². The number of fused-ring (bicyclic) bond motifs is 2. The first-order valence-corrected chi connectivity index (χ1v) is 7.90. The molecule has 0 bridgehead atoms. The van der Waals surface area contributed by atoms with Gasteiger partial charge in [0.2, 0.25) is 0 Å². The van der Waals surface area contributed by atoms with Crippen LogP contribution in [0.15, 0.2) is 60.7 Å². The third-order valence-corrected chi connectivity index (χ3v) is 4.76. The molecule has 0 amide bonds. The van der Waals surface area contributed by atoms with Crippen LogP contribution in [0, 0.1) is 13.8 Å². The Morgan fingerprint density at radius 1 is 0.917 bits per heavy atom. The first kappa shape index (κ1) is 14.5. The SMILES string of the molecule is Cc1c(C)n(-c2ccc3ccccc3c2)c2cc(C(=O)O)ccc12. The molecule has 0 aliphatic carbocycles. The number of benzene rings is 3. The van der Waals surface area contributed by atoms with Crippen LogP contribution in [-0.2, 0) is 0 Å². The van der Waals surface area contributed by atoms with E-state index in [1.54, 1.807) is 12.1 Å². The number of aromatic nitrogens is 1. The lowest BCUT2D eigenvalue weighted by atomic mass is 10.1. The van der Waals surface area contributed by atoms with Crippen molar-refractivity contribution in [1.29, 1.82) is 0 Å². The van der Waals surface area contributed by atoms with E-state index in [1.165, 1.54) is 16.3 Å². The van der Waals surface area contributed by atoms with Crippen LogP contribution in [0.3, 0.4) is 0 Å². The Balaban J connectivity index is 2.05. The van der Waals surface area contributed by atoms with Crippen molar-refractivity contribution in [2.45, 2.75) is 13.8 Å². The van der Waals surface area contributed by atoms with Gasteiger partial charge in [-0.1, -0.05) is 36.4 Å². The summed E-state index contributed by atoms with van der Waals surface area (Å²) in [4.78, 5) is 11.3. The van der Waals surface area contributed by atoms with E-state index in [0.29, 0.717) is 5.56 Å². The molecule has 0 aliphatic heterocycles. The molecule has 24 heavy (non-hydrogen) atoms. The third-order valence-electron chi connectivity index (χ3n) is 4.76. The van der Waals surface area contributed by atoms with Gasteiger partial charge in [0.1, 0.15) is 0 Å². The van der Waals surface area contributed by atoms with Crippen molar-refractivity contribution in [3.05, 3.63) is 77.5 Å². The van der Waals surface area contributed by atoms with E-state index < -0.39 is 5.97 Å². The number of rotatable bonds is 2. The van der Waals surface area contributed by atoms with Crippen LogP contribution in [0.2, 0.25) is 0 Å². The zero-order chi connectivity index (χ0) is 16.8. The summed E-state index contributed by atoms with van der Waals surface area (Å²) < 4.78 is 2.14. The Hall–Kier alpha value is -3.07. The van der Waals surface area contributed by atoms with Gasteiger partial charge in [-0.05, 0) is 54.4 Å². The van der Waals surface area contributed by atoms with Gasteiger partial charge in [0, 0.05) is 16.8 Å². The molecule has 1 heterocycles. The third kappa shape index (κ3) is 2.09. The van der Waals surface area contributed by atoms with Gasteiger partial charge in [-0.3, -0.25) is 0 Å². The zero-order valence-corrected chi connectivity index (χ0v) is 13.6. The molecule has 0 atom stereocenters. The molecule has 0 saturated carbocycles. The molecule has 3 nitrogen and oxygen atoms in total. The van der Waals surface area contributed by atoms with Crippen LogP contribution < -0.4 is 0 Å².